The molecule has 1 aliphatic heterocycles. The predicted molar refractivity (Wildman–Crippen MR) is 93.9 cm³/mol. The van der Waals surface area contributed by atoms with Gasteiger partial charge in [-0.3, -0.25) is 9.78 Å². The van der Waals surface area contributed by atoms with Crippen LogP contribution in [0.1, 0.15) is 16.5 Å². The van der Waals surface area contributed by atoms with Crippen LogP contribution < -0.4 is 0 Å². The minimum absolute atomic E-state index is 0.0362. The van der Waals surface area contributed by atoms with E-state index in [1.807, 2.05) is 30.3 Å². The first kappa shape index (κ1) is 15.1. The first-order chi connectivity index (χ1) is 11.7. The fourth-order valence-corrected chi connectivity index (χ4v) is 4.25. The second-order valence-electron chi connectivity index (χ2n) is 5.69. The summed E-state index contributed by atoms with van der Waals surface area (Å²) in [5.74, 6) is 0.171. The average Bonchev–Trinajstić information content (AvgIpc) is 2.97. The summed E-state index contributed by atoms with van der Waals surface area (Å²) in [7, 11) is 0. The van der Waals surface area contributed by atoms with E-state index in [0.29, 0.717) is 11.3 Å². The second kappa shape index (κ2) is 6.24. The average molecular weight is 338 g/mol. The van der Waals surface area contributed by atoms with Gasteiger partial charge in [-0.15, -0.1) is 11.8 Å². The molecule has 0 aliphatic carbocycles. The van der Waals surface area contributed by atoms with E-state index >= 15 is 0 Å². The maximum atomic E-state index is 14.0. The van der Waals surface area contributed by atoms with Crippen molar-refractivity contribution in [2.75, 3.05) is 5.75 Å². The summed E-state index contributed by atoms with van der Waals surface area (Å²) < 4.78 is 14.0. The Morgan fingerprint density at radius 1 is 1.12 bits per heavy atom. The molecule has 0 spiro atoms. The van der Waals surface area contributed by atoms with Gasteiger partial charge in [0.2, 0.25) is 5.91 Å². The van der Waals surface area contributed by atoms with Crippen LogP contribution in [0.3, 0.4) is 0 Å². The highest BCUT2D eigenvalue weighted by atomic mass is 32.2. The zero-order chi connectivity index (χ0) is 16.5. The number of thioether (sulfide) groups is 1. The van der Waals surface area contributed by atoms with Crippen LogP contribution >= 0.6 is 11.8 Å². The molecule has 24 heavy (non-hydrogen) atoms. The molecule has 1 saturated heterocycles. The van der Waals surface area contributed by atoms with Gasteiger partial charge in [-0.05, 0) is 23.8 Å². The summed E-state index contributed by atoms with van der Waals surface area (Å²) in [5.41, 5.74) is 2.49. The Balaban J connectivity index is 1.74. The molecule has 1 fully saturated rings. The number of pyridine rings is 1. The minimum atomic E-state index is -0.277. The number of carbonyl (C=O) groups is 1. The Morgan fingerprint density at radius 2 is 1.92 bits per heavy atom. The third-order valence-corrected chi connectivity index (χ3v) is 5.45. The summed E-state index contributed by atoms with van der Waals surface area (Å²) in [6.07, 6.45) is 1.77. The Hall–Kier alpha value is -2.40. The number of halogens is 1. The molecule has 2 heterocycles. The number of amides is 1. The highest BCUT2D eigenvalue weighted by molar-refractivity contribution is 8.00. The standard InChI is InChI=1S/C19H15FN2OS/c20-16-7-3-1-5-13(16)11-22-18(23)12-24-19(22)15-9-10-21-17-8-4-2-6-14(15)17/h1-10,19H,11-12H2. The Kier molecular flexibility index (Phi) is 3.94. The molecule has 1 aromatic heterocycles. The van der Waals surface area contributed by atoms with Crippen molar-refractivity contribution in [1.29, 1.82) is 0 Å². The van der Waals surface area contributed by atoms with Gasteiger partial charge < -0.3 is 4.90 Å². The van der Waals surface area contributed by atoms with Crippen LogP contribution in [-0.4, -0.2) is 21.5 Å². The Bertz CT molecular complexity index is 909. The van der Waals surface area contributed by atoms with Crippen molar-refractivity contribution < 1.29 is 9.18 Å². The zero-order valence-corrected chi connectivity index (χ0v) is 13.7. The molecule has 1 aliphatic rings. The molecule has 3 nitrogen and oxygen atoms in total. The lowest BCUT2D eigenvalue weighted by atomic mass is 10.1. The second-order valence-corrected chi connectivity index (χ2v) is 6.76. The molecule has 0 N–H and O–H groups in total. The third kappa shape index (κ3) is 2.65. The van der Waals surface area contributed by atoms with Crippen molar-refractivity contribution in [2.45, 2.75) is 11.9 Å². The van der Waals surface area contributed by atoms with Gasteiger partial charge in [-0.2, -0.15) is 0 Å². The predicted octanol–water partition coefficient (Wildman–Crippen LogP) is 4.15. The highest BCUT2D eigenvalue weighted by Gasteiger charge is 2.34. The largest absolute Gasteiger partial charge is 0.321 e. The van der Waals surface area contributed by atoms with Gasteiger partial charge in [0.05, 0.1) is 11.3 Å². The van der Waals surface area contributed by atoms with Crippen molar-refractivity contribution >= 4 is 28.6 Å². The maximum absolute atomic E-state index is 14.0. The third-order valence-electron chi connectivity index (χ3n) is 4.22. The molecular weight excluding hydrogens is 323 g/mol. The molecule has 1 unspecified atom stereocenters. The molecule has 0 radical (unpaired) electrons. The number of fused-ring (bicyclic) bond motifs is 1. The summed E-state index contributed by atoms with van der Waals surface area (Å²) in [4.78, 5) is 18.5. The maximum Gasteiger partial charge on any atom is 0.234 e. The van der Waals surface area contributed by atoms with E-state index in [1.54, 1.807) is 41.1 Å². The highest BCUT2D eigenvalue weighted by Crippen LogP contribution is 2.41. The quantitative estimate of drug-likeness (QED) is 0.719. The van der Waals surface area contributed by atoms with Gasteiger partial charge in [0.15, 0.2) is 0 Å². The van der Waals surface area contributed by atoms with Gasteiger partial charge in [0, 0.05) is 23.7 Å². The van der Waals surface area contributed by atoms with Crippen LogP contribution in [0.4, 0.5) is 4.39 Å². The van der Waals surface area contributed by atoms with Gasteiger partial charge >= 0.3 is 0 Å². The van der Waals surface area contributed by atoms with Crippen LogP contribution in [0.5, 0.6) is 0 Å². The number of nitrogens with zero attached hydrogens (tertiary/aromatic N) is 2. The van der Waals surface area contributed by atoms with E-state index in [2.05, 4.69) is 4.98 Å². The van der Waals surface area contributed by atoms with Crippen LogP contribution in [0.15, 0.2) is 60.8 Å². The number of carbonyl (C=O) groups excluding carboxylic acids is 1. The first-order valence-corrected chi connectivity index (χ1v) is 8.77. The molecule has 4 rings (SSSR count). The van der Waals surface area contributed by atoms with Crippen molar-refractivity contribution in [3.8, 4) is 0 Å². The Morgan fingerprint density at radius 3 is 2.79 bits per heavy atom. The molecule has 120 valence electrons. The van der Waals surface area contributed by atoms with Crippen molar-refractivity contribution in [3.63, 3.8) is 0 Å². The Labute approximate surface area is 143 Å². The molecule has 3 aromatic rings. The van der Waals surface area contributed by atoms with E-state index in [1.165, 1.54) is 6.07 Å². The van der Waals surface area contributed by atoms with Gasteiger partial charge in [0.1, 0.15) is 11.2 Å². The van der Waals surface area contributed by atoms with Crippen LogP contribution in [-0.2, 0) is 11.3 Å². The topological polar surface area (TPSA) is 33.2 Å². The van der Waals surface area contributed by atoms with Crippen molar-refractivity contribution in [1.82, 2.24) is 9.88 Å². The van der Waals surface area contributed by atoms with E-state index in [9.17, 15) is 9.18 Å². The molecule has 5 heteroatoms. The number of benzene rings is 2. The lowest BCUT2D eigenvalue weighted by Gasteiger charge is -2.25. The van der Waals surface area contributed by atoms with E-state index in [4.69, 9.17) is 0 Å². The van der Waals surface area contributed by atoms with Crippen LogP contribution in [0.25, 0.3) is 10.9 Å². The van der Waals surface area contributed by atoms with Gasteiger partial charge in [-0.1, -0.05) is 36.4 Å². The summed E-state index contributed by atoms with van der Waals surface area (Å²) >= 11 is 1.58. The lowest BCUT2D eigenvalue weighted by molar-refractivity contribution is -0.128. The normalized spacial score (nSPS) is 17.6. The van der Waals surface area contributed by atoms with Crippen molar-refractivity contribution in [3.05, 3.63) is 77.7 Å². The monoisotopic (exact) mass is 338 g/mol. The van der Waals surface area contributed by atoms with Crippen LogP contribution in [0.2, 0.25) is 0 Å². The van der Waals surface area contributed by atoms with E-state index < -0.39 is 0 Å². The summed E-state index contributed by atoms with van der Waals surface area (Å²) in [5, 5.41) is 0.913. The van der Waals surface area contributed by atoms with Gasteiger partial charge in [0.25, 0.3) is 0 Å². The number of aromatic nitrogens is 1. The number of hydrogen-bond acceptors (Lipinski definition) is 3. The first-order valence-electron chi connectivity index (χ1n) is 7.72. The van der Waals surface area contributed by atoms with Crippen molar-refractivity contribution in [2.24, 2.45) is 0 Å². The molecule has 1 amide bonds. The zero-order valence-electron chi connectivity index (χ0n) is 12.9. The number of para-hydroxylation sites is 1. The number of hydrogen-bond donors (Lipinski definition) is 0. The fraction of sp³-hybridized carbons (Fsp3) is 0.158. The number of rotatable bonds is 3. The SMILES string of the molecule is O=C1CSC(c2ccnc3ccccc23)N1Cc1ccccc1F. The van der Waals surface area contributed by atoms with Gasteiger partial charge in [-0.25, -0.2) is 4.39 Å². The van der Waals surface area contributed by atoms with E-state index in [0.717, 1.165) is 16.5 Å². The van der Waals surface area contributed by atoms with Crippen LogP contribution in [0, 0.1) is 5.82 Å². The molecule has 1 atom stereocenters. The molecule has 0 bridgehead atoms. The molecule has 0 saturated carbocycles. The fourth-order valence-electron chi connectivity index (χ4n) is 3.03. The molecule has 2 aromatic carbocycles. The lowest BCUT2D eigenvalue weighted by Crippen LogP contribution is -2.28. The minimum Gasteiger partial charge on any atom is -0.321 e. The molecular formula is C19H15FN2OS. The summed E-state index contributed by atoms with van der Waals surface area (Å²) in [6.45, 7) is 0.278. The summed E-state index contributed by atoms with van der Waals surface area (Å²) in [6, 6.07) is 16.5. The van der Waals surface area contributed by atoms with E-state index in [-0.39, 0.29) is 23.6 Å². The smallest absolute Gasteiger partial charge is 0.234 e.